The van der Waals surface area contributed by atoms with Crippen LogP contribution in [-0.4, -0.2) is 32.4 Å². The predicted octanol–water partition coefficient (Wildman–Crippen LogP) is 3.99. The van der Waals surface area contributed by atoms with Gasteiger partial charge in [-0.1, -0.05) is 32.4 Å². The zero-order valence-electron chi connectivity index (χ0n) is 17.9. The Morgan fingerprint density at radius 1 is 1.21 bits per heavy atom. The van der Waals surface area contributed by atoms with E-state index in [1.165, 1.54) is 5.57 Å². The van der Waals surface area contributed by atoms with Crippen LogP contribution >= 0.6 is 7.82 Å². The second-order valence-corrected chi connectivity index (χ2v) is 11.8. The summed E-state index contributed by atoms with van der Waals surface area (Å²) < 4.78 is 16.3. The van der Waals surface area contributed by atoms with Crippen molar-refractivity contribution in [2.45, 2.75) is 84.3 Å². The molecule has 8 atom stereocenters. The molecule has 4 aliphatic rings. The summed E-state index contributed by atoms with van der Waals surface area (Å²) in [5.74, 6) is 1.13. The largest absolute Gasteiger partial charge is 0.469 e. The van der Waals surface area contributed by atoms with Crippen molar-refractivity contribution in [1.29, 1.82) is 0 Å². The zero-order valence-corrected chi connectivity index (χ0v) is 18.8. The summed E-state index contributed by atoms with van der Waals surface area (Å²) in [6.45, 7) is 8.00. The Morgan fingerprint density at radius 3 is 2.52 bits per heavy atom. The maximum absolute atomic E-state index is 12.5. The molecule has 0 amide bonds. The van der Waals surface area contributed by atoms with Crippen LogP contribution in [0.4, 0.5) is 0 Å². The van der Waals surface area contributed by atoms with Gasteiger partial charge in [-0.2, -0.15) is 0 Å². The average molecular weight is 426 g/mol. The lowest BCUT2D eigenvalue weighted by molar-refractivity contribution is -0.165. The van der Waals surface area contributed by atoms with E-state index in [0.29, 0.717) is 30.6 Å². The number of Topliss-reactive ketones (excluding diaryl/α,β-unsaturated/α-hetero) is 1. The highest BCUT2D eigenvalue weighted by atomic mass is 31.2. The van der Waals surface area contributed by atoms with Crippen molar-refractivity contribution in [3.63, 3.8) is 0 Å². The summed E-state index contributed by atoms with van der Waals surface area (Å²) in [5, 5.41) is 11.5. The summed E-state index contributed by atoms with van der Waals surface area (Å²) >= 11 is 0. The van der Waals surface area contributed by atoms with E-state index in [0.717, 1.165) is 32.1 Å². The minimum absolute atomic E-state index is 0.0131. The van der Waals surface area contributed by atoms with Gasteiger partial charge in [0.25, 0.3) is 0 Å². The Labute approximate surface area is 173 Å². The molecule has 6 nitrogen and oxygen atoms in total. The number of ketones is 1. The first-order valence-corrected chi connectivity index (χ1v) is 12.5. The number of carbonyl (C=O) groups excluding carboxylic acids is 1. The van der Waals surface area contributed by atoms with Crippen LogP contribution in [0.3, 0.4) is 0 Å². The molecule has 0 aromatic heterocycles. The number of phosphoric acid groups is 1. The first-order valence-electron chi connectivity index (χ1n) is 11.0. The van der Waals surface area contributed by atoms with Crippen LogP contribution < -0.4 is 0 Å². The van der Waals surface area contributed by atoms with Crippen LogP contribution in [-0.2, 0) is 13.9 Å². The van der Waals surface area contributed by atoms with Crippen LogP contribution in [0.2, 0.25) is 0 Å². The van der Waals surface area contributed by atoms with E-state index < -0.39 is 19.5 Å². The van der Waals surface area contributed by atoms with Crippen molar-refractivity contribution < 1.29 is 28.8 Å². The van der Waals surface area contributed by atoms with E-state index in [-0.39, 0.29) is 22.5 Å². The molecule has 3 fully saturated rings. The fourth-order valence-corrected chi connectivity index (χ4v) is 8.57. The first-order chi connectivity index (χ1) is 13.3. The molecule has 0 aromatic carbocycles. The Balaban J connectivity index is 1.62. The normalized spacial score (nSPS) is 49.6. The number of allylic oxidation sites excluding steroid dienone is 1. The lowest BCUT2D eigenvalue weighted by atomic mass is 9.46. The molecule has 0 heterocycles. The number of rotatable bonds is 3. The summed E-state index contributed by atoms with van der Waals surface area (Å²) in [7, 11) is -4.47. The van der Waals surface area contributed by atoms with E-state index >= 15 is 0 Å². The molecule has 7 heteroatoms. The van der Waals surface area contributed by atoms with Gasteiger partial charge in [0.15, 0.2) is 5.78 Å². The average Bonchev–Trinajstić information content (AvgIpc) is 2.82. The lowest BCUT2D eigenvalue weighted by Gasteiger charge is -2.58. The number of aliphatic hydroxyl groups is 1. The van der Waals surface area contributed by atoms with Crippen LogP contribution in [0.15, 0.2) is 11.6 Å². The molecule has 0 spiro atoms. The third-order valence-electron chi connectivity index (χ3n) is 9.46. The minimum atomic E-state index is -4.47. The molecular formula is C22H35O6P. The molecule has 0 aromatic rings. The number of fused-ring (bicyclic) bond motifs is 5. The Bertz CT molecular complexity index is 788. The second kappa shape index (κ2) is 6.74. The van der Waals surface area contributed by atoms with Gasteiger partial charge in [0, 0.05) is 5.41 Å². The predicted molar refractivity (Wildman–Crippen MR) is 109 cm³/mol. The van der Waals surface area contributed by atoms with Gasteiger partial charge in [-0.15, -0.1) is 0 Å². The van der Waals surface area contributed by atoms with E-state index in [2.05, 4.69) is 19.9 Å². The highest BCUT2D eigenvalue weighted by Gasteiger charge is 2.67. The lowest BCUT2D eigenvalue weighted by Crippen LogP contribution is -2.58. The first kappa shape index (κ1) is 21.7. The third kappa shape index (κ3) is 3.05. The topological polar surface area (TPSA) is 104 Å². The quantitative estimate of drug-likeness (QED) is 0.466. The van der Waals surface area contributed by atoms with E-state index in [1.807, 2.05) is 6.92 Å². The molecule has 0 saturated heterocycles. The van der Waals surface area contributed by atoms with Gasteiger partial charge in [0.05, 0.1) is 6.10 Å². The Kier molecular flexibility index (Phi) is 5.04. The van der Waals surface area contributed by atoms with Crippen LogP contribution in [0, 0.1) is 34.5 Å². The number of hydrogen-bond acceptors (Lipinski definition) is 4. The van der Waals surface area contributed by atoms with Crippen molar-refractivity contribution in [3.8, 4) is 0 Å². The zero-order chi connectivity index (χ0) is 21.4. The summed E-state index contributed by atoms with van der Waals surface area (Å²) in [6.07, 6.45) is 7.59. The molecular weight excluding hydrogens is 391 g/mol. The minimum Gasteiger partial charge on any atom is -0.381 e. The smallest absolute Gasteiger partial charge is 0.381 e. The maximum Gasteiger partial charge on any atom is 0.469 e. The standard InChI is InChI=1S/C22H35O6P/c1-13-11-19-17-6-5-15-12-16(28-29(25,26)27)7-9-20(15,3)18(17)8-10-21(19,4)22(13,24)14(2)23/h5,13,16-19,24H,6-12H2,1-4H3,(H2,25,26,27)/t13-,16+,17-,18+,19+,20+,21+,22+/m1/s1. The molecule has 164 valence electrons. The molecule has 3 N–H and O–H groups in total. The molecule has 4 aliphatic carbocycles. The fraction of sp³-hybridized carbons (Fsp3) is 0.864. The molecule has 0 bridgehead atoms. The maximum atomic E-state index is 12.5. The van der Waals surface area contributed by atoms with Gasteiger partial charge < -0.3 is 14.9 Å². The van der Waals surface area contributed by atoms with Crippen molar-refractivity contribution in [1.82, 2.24) is 0 Å². The molecule has 3 saturated carbocycles. The van der Waals surface area contributed by atoms with Gasteiger partial charge in [0.1, 0.15) is 5.60 Å². The van der Waals surface area contributed by atoms with E-state index in [1.54, 1.807) is 6.92 Å². The molecule has 0 radical (unpaired) electrons. The Hall–Kier alpha value is -0.520. The van der Waals surface area contributed by atoms with Crippen molar-refractivity contribution in [3.05, 3.63) is 11.6 Å². The summed E-state index contributed by atoms with van der Waals surface area (Å²) in [6, 6.07) is 0. The van der Waals surface area contributed by atoms with E-state index in [4.69, 9.17) is 4.52 Å². The van der Waals surface area contributed by atoms with E-state index in [9.17, 15) is 24.3 Å². The van der Waals surface area contributed by atoms with Crippen molar-refractivity contribution >= 4 is 13.6 Å². The number of phosphoric ester groups is 1. The highest BCUT2D eigenvalue weighted by molar-refractivity contribution is 7.46. The molecule has 0 aliphatic heterocycles. The molecule has 4 rings (SSSR count). The van der Waals surface area contributed by atoms with Gasteiger partial charge >= 0.3 is 7.82 Å². The highest BCUT2D eigenvalue weighted by Crippen LogP contribution is 2.68. The molecule has 29 heavy (non-hydrogen) atoms. The molecule has 0 unspecified atom stereocenters. The Morgan fingerprint density at radius 2 is 1.90 bits per heavy atom. The monoisotopic (exact) mass is 426 g/mol. The summed E-state index contributed by atoms with van der Waals surface area (Å²) in [4.78, 5) is 30.9. The van der Waals surface area contributed by atoms with Gasteiger partial charge in [-0.05, 0) is 81.0 Å². The van der Waals surface area contributed by atoms with Crippen LogP contribution in [0.1, 0.15) is 72.6 Å². The number of hydrogen-bond donors (Lipinski definition) is 3. The number of carbonyl (C=O) groups is 1. The second-order valence-electron chi connectivity index (χ2n) is 10.6. The fourth-order valence-electron chi connectivity index (χ4n) is 8.00. The third-order valence-corrected chi connectivity index (χ3v) is 10.0. The van der Waals surface area contributed by atoms with Crippen LogP contribution in [0.5, 0.6) is 0 Å². The van der Waals surface area contributed by atoms with Crippen LogP contribution in [0.25, 0.3) is 0 Å². The van der Waals surface area contributed by atoms with Crippen molar-refractivity contribution in [2.24, 2.45) is 34.5 Å². The van der Waals surface area contributed by atoms with Crippen molar-refractivity contribution in [2.75, 3.05) is 0 Å². The van der Waals surface area contributed by atoms with Gasteiger partial charge in [-0.25, -0.2) is 4.57 Å². The summed E-state index contributed by atoms with van der Waals surface area (Å²) in [5.41, 5.74) is -0.316. The SMILES string of the molecule is CC(=O)[C@@]1(O)[C@H](C)C[C@H]2[C@@H]3CC=C4C[C@@H](OP(=O)(O)O)CC[C@]4(C)[C@H]3CC[C@@]21C. The van der Waals surface area contributed by atoms with Gasteiger partial charge in [-0.3, -0.25) is 9.32 Å². The van der Waals surface area contributed by atoms with Gasteiger partial charge in [0.2, 0.25) is 0 Å².